The number of aliphatic hydroxyl groups excluding tert-OH is 6. The highest BCUT2D eigenvalue weighted by molar-refractivity contribution is 6.32. The number of halogens is 2. The molecule has 7 heterocycles. The third kappa shape index (κ3) is 15.9. The molecule has 0 radical (unpaired) electrons. The highest BCUT2D eigenvalue weighted by Gasteiger charge is 2.52. The Hall–Kier alpha value is -9.20. The van der Waals surface area contributed by atoms with E-state index >= 15 is 14.4 Å². The van der Waals surface area contributed by atoms with Gasteiger partial charge < -0.3 is 123 Å². The van der Waals surface area contributed by atoms with Gasteiger partial charge in [-0.3, -0.25) is 38.5 Å². The number of aliphatic hydroxyl groups is 6. The number of fused-ring (bicyclic) bond motifs is 15. The van der Waals surface area contributed by atoms with E-state index in [0.717, 1.165) is 66.7 Å². The summed E-state index contributed by atoms with van der Waals surface area (Å²) in [6, 6.07) is -0.500. The molecule has 7 amide bonds. The second-order valence-electron chi connectivity index (χ2n) is 26.5. The first-order valence-electron chi connectivity index (χ1n) is 32.1. The Morgan fingerprint density at radius 1 is 0.725 bits per heavy atom. The fraction of sp³-hybridized carbons (Fsp3) is 0.433. The van der Waals surface area contributed by atoms with Gasteiger partial charge in [0, 0.05) is 22.8 Å². The van der Waals surface area contributed by atoms with Crippen LogP contribution in [0.3, 0.4) is 0 Å². The second-order valence-corrected chi connectivity index (χ2v) is 27.3. The number of rotatable bonds is 13. The standard InChI is InChI=1S/C67H77Cl2N9O24/c1-24(2)13-36(78(5)6)60(90)76-50-52(84)27-8-11-39(33(68)15-27)98-41-17-29-18-42(56(41)102-66-57(55(87)54(86)43(23-79)100-66)101-45-22-67(4,71)58(88)25(3)97-45)99-40-12-9-28(16-34(40)69)53(85)51-64(94)75-49(65(95)96)32-19-30(80)20-38(82)46(32)31-14-26(7-10-37(31)81)47(61(91)77-51)74-62(92)48(29)73-59(89)35(21-44(70)83)72-63(50)93/h7-12,14-20,24-25,35-36,43,45,47-55,57-58,66,79-82,84-88H,13,21-23,71H2,1-6H3,(H2,70,83)(H,72,93)(H,73,89)(H,74,92)(H,75,94)(H,76,90)(H,77,91)(H,95,96)/p+1/t25?,35-,36+,43?,45?,47+,48+,49-,50+,51-,52+,53+,54?,55?,57?,58?,66?,67-/m0/s1. The lowest BCUT2D eigenvalue weighted by molar-refractivity contribution is -0.518. The summed E-state index contributed by atoms with van der Waals surface area (Å²) in [5, 5.41) is 128. The number of carboxylic acid groups (broad SMARTS) is 1. The van der Waals surface area contributed by atoms with E-state index in [-0.39, 0.29) is 52.0 Å². The molecule has 5 aromatic carbocycles. The molecule has 0 spiro atoms. The van der Waals surface area contributed by atoms with Crippen LogP contribution in [-0.4, -0.2) is 203 Å². The molecule has 0 aliphatic carbocycles. The molecule has 33 nitrogen and oxygen atoms in total. The van der Waals surface area contributed by atoms with Crippen molar-refractivity contribution >= 4 is 70.5 Å². The van der Waals surface area contributed by atoms with E-state index < -0.39 is 231 Å². The van der Waals surface area contributed by atoms with Gasteiger partial charge >= 0.3 is 5.97 Å². The fourth-order valence-corrected chi connectivity index (χ4v) is 13.2. The summed E-state index contributed by atoms with van der Waals surface area (Å²) in [7, 11) is 3.20. The van der Waals surface area contributed by atoms with Crippen molar-refractivity contribution in [2.24, 2.45) is 11.7 Å². The van der Waals surface area contributed by atoms with Crippen molar-refractivity contribution in [3.05, 3.63) is 117 Å². The third-order valence-corrected chi connectivity index (χ3v) is 18.7. The van der Waals surface area contributed by atoms with E-state index in [9.17, 15) is 75.0 Å². The molecule has 0 saturated carbocycles. The molecule has 2 saturated heterocycles. The number of primary amides is 1. The first-order valence-corrected chi connectivity index (χ1v) is 32.8. The molecule has 2 fully saturated rings. The van der Waals surface area contributed by atoms with Crippen molar-refractivity contribution in [3.63, 3.8) is 0 Å². The van der Waals surface area contributed by atoms with Gasteiger partial charge in [-0.2, -0.15) is 0 Å². The molecule has 102 heavy (non-hydrogen) atoms. The number of carbonyl (C=O) groups is 8. The van der Waals surface area contributed by atoms with E-state index in [1.54, 1.807) is 25.9 Å². The number of phenols is 3. The number of hydrogen-bond acceptors (Lipinski definition) is 24. The predicted octanol–water partition coefficient (Wildman–Crippen LogP) is -0.268. The summed E-state index contributed by atoms with van der Waals surface area (Å²) in [5.41, 5.74) is 5.93. The molecule has 8 unspecified atom stereocenters. The molecule has 7 aliphatic heterocycles. The van der Waals surface area contributed by atoms with Crippen molar-refractivity contribution in [2.75, 3.05) is 20.7 Å². The number of quaternary nitrogens is 1. The minimum Gasteiger partial charge on any atom is -0.508 e. The van der Waals surface area contributed by atoms with Crippen LogP contribution in [0.2, 0.25) is 10.0 Å². The third-order valence-electron chi connectivity index (χ3n) is 18.1. The monoisotopic (exact) mass is 1460 g/mol. The van der Waals surface area contributed by atoms with Crippen LogP contribution in [0, 0.1) is 5.92 Å². The maximum absolute atomic E-state index is 16.1. The zero-order valence-corrected chi connectivity index (χ0v) is 56.9. The highest BCUT2D eigenvalue weighted by Crippen LogP contribution is 2.50. The van der Waals surface area contributed by atoms with Crippen molar-refractivity contribution in [2.45, 2.75) is 156 Å². The zero-order valence-electron chi connectivity index (χ0n) is 55.4. The van der Waals surface area contributed by atoms with Gasteiger partial charge in [-0.25, -0.2) is 4.79 Å². The van der Waals surface area contributed by atoms with E-state index in [1.165, 1.54) is 19.1 Å². The number of phenolic OH excluding ortho intramolecular Hbond substituents is 3. The Morgan fingerprint density at radius 3 is 1.90 bits per heavy atom. The summed E-state index contributed by atoms with van der Waals surface area (Å²) >= 11 is 14.1. The van der Waals surface area contributed by atoms with Crippen molar-refractivity contribution in [1.82, 2.24) is 36.8 Å². The number of likely N-dealkylation sites (N-methyl/N-ethyl adjacent to an activating group) is 1. The van der Waals surface area contributed by atoms with Crippen molar-refractivity contribution in [1.29, 1.82) is 0 Å². The van der Waals surface area contributed by atoms with Crippen LogP contribution in [0.4, 0.5) is 0 Å². The number of amides is 7. The molecule has 18 atom stereocenters. The molecule has 12 rings (SSSR count). The van der Waals surface area contributed by atoms with Crippen LogP contribution in [0.5, 0.6) is 46.0 Å². The average Bonchev–Trinajstić information content (AvgIpc) is 0.770. The number of carbonyl (C=O) groups excluding carboxylic acids is 7. The number of nitrogens with zero attached hydrogens (tertiary/aromatic N) is 1. The molecule has 35 heteroatoms. The number of carboxylic acids is 1. The molecular formula is C67H78Cl2N9O24+. The number of aromatic hydroxyl groups is 3. The van der Waals surface area contributed by atoms with Gasteiger partial charge in [-0.05, 0) is 117 Å². The largest absolute Gasteiger partial charge is 0.508 e. The maximum Gasteiger partial charge on any atom is 0.330 e. The number of benzene rings is 5. The van der Waals surface area contributed by atoms with Crippen LogP contribution in [0.25, 0.3) is 11.1 Å². The Kier molecular flexibility index (Phi) is 22.5. The van der Waals surface area contributed by atoms with Crippen LogP contribution in [0.15, 0.2) is 78.9 Å². The summed E-state index contributed by atoms with van der Waals surface area (Å²) in [5.74, 6) is -15.8. The number of aliphatic carboxylic acids is 1. The second kappa shape index (κ2) is 30.4. The van der Waals surface area contributed by atoms with Gasteiger partial charge in [-0.1, -0.05) is 55.2 Å². The minimum absolute atomic E-state index is 0.0909. The minimum atomic E-state index is -2.34. The first kappa shape index (κ1) is 75.5. The number of nitrogens with one attached hydrogen (secondary N) is 6. The van der Waals surface area contributed by atoms with E-state index in [1.807, 2.05) is 13.8 Å². The Morgan fingerprint density at radius 2 is 1.32 bits per heavy atom. The first-order chi connectivity index (χ1) is 48.0. The lowest BCUT2D eigenvalue weighted by Crippen LogP contribution is -2.81. The SMILES string of the molecule is CC(C)C[C@H](C(=O)N[C@H]1C(=O)N[C@@H](CC(N)=O)C(=O)N[C@H]2C(=O)N[C@H]3C(=O)N[C@H](C(=O)N[C@H](C(=O)O)c4cc(O)cc(O)c4-c4cc3ccc4O)[C@H](O)c3ccc(c(Cl)c3)Oc3cc2cc(c3OC2OC(CO)C(O)C(O)C2OC2C[C@](C)([NH3+])C(O)C(C)O2)Oc2ccc(cc2Cl)[C@H]1O)N(C)C. The zero-order chi connectivity index (χ0) is 74.4. The molecule has 7 aliphatic rings. The Bertz CT molecular complexity index is 4110. The summed E-state index contributed by atoms with van der Waals surface area (Å²) in [6.45, 7) is 5.87. The van der Waals surface area contributed by atoms with Gasteiger partial charge in [0.1, 0.15) is 101 Å². The number of nitrogens with two attached hydrogens (primary N) is 1. The summed E-state index contributed by atoms with van der Waals surface area (Å²) in [4.78, 5) is 119. The normalized spacial score (nSPS) is 29.3. The lowest BCUT2D eigenvalue weighted by atomic mass is 9.86. The lowest BCUT2D eigenvalue weighted by Gasteiger charge is -2.45. The summed E-state index contributed by atoms with van der Waals surface area (Å²) < 4.78 is 38.5. The van der Waals surface area contributed by atoms with Crippen molar-refractivity contribution < 1.29 is 124 Å². The molecule has 11 bridgehead atoms. The fourth-order valence-electron chi connectivity index (χ4n) is 12.7. The van der Waals surface area contributed by atoms with E-state index in [0.29, 0.717) is 0 Å². The van der Waals surface area contributed by atoms with E-state index in [2.05, 4.69) is 37.6 Å². The average molecular weight is 1460 g/mol. The van der Waals surface area contributed by atoms with Gasteiger partial charge in [0.05, 0.1) is 41.6 Å². The Balaban J connectivity index is 1.24. The quantitative estimate of drug-likeness (QED) is 0.0721. The smallest absolute Gasteiger partial charge is 0.330 e. The van der Waals surface area contributed by atoms with Crippen LogP contribution < -0.4 is 57.6 Å². The summed E-state index contributed by atoms with van der Waals surface area (Å²) in [6.07, 6.45) is -18.1. The van der Waals surface area contributed by atoms with E-state index in [4.69, 9.17) is 57.4 Å². The topological polar surface area (TPSA) is 523 Å². The van der Waals surface area contributed by atoms with Crippen LogP contribution in [-0.2, 0) is 52.6 Å². The molecule has 21 N–H and O–H groups in total. The van der Waals surface area contributed by atoms with Crippen molar-refractivity contribution in [3.8, 4) is 57.1 Å². The molecule has 548 valence electrons. The Labute approximate surface area is 590 Å². The predicted molar refractivity (Wildman–Crippen MR) is 353 cm³/mol. The van der Waals surface area contributed by atoms with Gasteiger partial charge in [0.15, 0.2) is 29.9 Å². The highest BCUT2D eigenvalue weighted by atomic mass is 35.5. The van der Waals surface area contributed by atoms with Gasteiger partial charge in [0.25, 0.3) is 0 Å². The molecular weight excluding hydrogens is 1390 g/mol. The van der Waals surface area contributed by atoms with Crippen LogP contribution in [0.1, 0.15) is 105 Å². The van der Waals surface area contributed by atoms with Gasteiger partial charge in [-0.15, -0.1) is 0 Å². The molecule has 5 aromatic rings. The van der Waals surface area contributed by atoms with Gasteiger partial charge in [0.2, 0.25) is 53.4 Å². The van der Waals surface area contributed by atoms with Crippen LogP contribution >= 0.6 is 23.2 Å². The number of hydrogen-bond donors (Lipinski definition) is 18. The maximum atomic E-state index is 16.1. The molecule has 0 aromatic heterocycles. The number of ether oxygens (including phenoxy) is 6.